The highest BCUT2D eigenvalue weighted by Gasteiger charge is 2.35. The number of ether oxygens (including phenoxy) is 2. The Morgan fingerprint density at radius 1 is 0.889 bits per heavy atom. The van der Waals surface area contributed by atoms with Gasteiger partial charge >= 0.3 is 0 Å². The Kier molecular flexibility index (Phi) is 8.14. The summed E-state index contributed by atoms with van der Waals surface area (Å²) in [6.45, 7) is 2.66. The second kappa shape index (κ2) is 12.2. The largest absolute Gasteiger partial charge is 0.493 e. The fourth-order valence-electron chi connectivity index (χ4n) is 5.63. The molecule has 1 aliphatic carbocycles. The topological polar surface area (TPSA) is 121 Å². The van der Waals surface area contributed by atoms with Crippen LogP contribution in [0.1, 0.15) is 49.1 Å². The number of hydrogen-bond donors (Lipinski definition) is 2. The van der Waals surface area contributed by atoms with E-state index < -0.39 is 15.1 Å². The summed E-state index contributed by atoms with van der Waals surface area (Å²) in [5.74, 6) is 0.608. The van der Waals surface area contributed by atoms with Gasteiger partial charge in [0.25, 0.3) is 5.91 Å². The SMILES string of the molecule is COc1cc2nc(C3=CC(S(=O)(=O)c4ccc(C)cc4)c4ccccc43)cc(C(=O)NCc3ccc(CN)cc3)c2cc1OC. The highest BCUT2D eigenvalue weighted by molar-refractivity contribution is 7.91. The summed E-state index contributed by atoms with van der Waals surface area (Å²) < 4.78 is 38.9. The highest BCUT2D eigenvalue weighted by Crippen LogP contribution is 2.44. The molecule has 0 saturated carbocycles. The van der Waals surface area contributed by atoms with Gasteiger partial charge in [0.15, 0.2) is 21.3 Å². The molecule has 1 atom stereocenters. The minimum absolute atomic E-state index is 0.244. The lowest BCUT2D eigenvalue weighted by Crippen LogP contribution is -2.23. The van der Waals surface area contributed by atoms with Crippen molar-refractivity contribution in [3.8, 4) is 11.5 Å². The fourth-order valence-corrected chi connectivity index (χ4v) is 7.29. The Bertz CT molecular complexity index is 2050. The number of sulfone groups is 1. The second-order valence-corrected chi connectivity index (χ2v) is 13.0. The summed E-state index contributed by atoms with van der Waals surface area (Å²) in [6.07, 6.45) is 1.73. The van der Waals surface area contributed by atoms with E-state index in [4.69, 9.17) is 20.2 Å². The van der Waals surface area contributed by atoms with E-state index in [-0.39, 0.29) is 10.8 Å². The van der Waals surface area contributed by atoms with Crippen molar-refractivity contribution in [3.63, 3.8) is 0 Å². The molecule has 8 nitrogen and oxygen atoms in total. The summed E-state index contributed by atoms with van der Waals surface area (Å²) in [5.41, 5.74) is 12.0. The predicted molar refractivity (Wildman–Crippen MR) is 175 cm³/mol. The van der Waals surface area contributed by atoms with Crippen LogP contribution in [0.4, 0.5) is 0 Å². The average Bonchev–Trinajstić information content (AvgIpc) is 3.47. The van der Waals surface area contributed by atoms with Gasteiger partial charge in [-0.15, -0.1) is 0 Å². The van der Waals surface area contributed by atoms with Crippen molar-refractivity contribution in [2.24, 2.45) is 5.73 Å². The van der Waals surface area contributed by atoms with Crippen LogP contribution in [-0.4, -0.2) is 33.5 Å². The number of carbonyl (C=O) groups is 1. The van der Waals surface area contributed by atoms with Gasteiger partial charge in [-0.25, -0.2) is 13.4 Å². The third kappa shape index (κ3) is 5.68. The fraction of sp³-hybridized carbons (Fsp3) is 0.167. The predicted octanol–water partition coefficient (Wildman–Crippen LogP) is 5.91. The monoisotopic (exact) mass is 619 g/mol. The van der Waals surface area contributed by atoms with Crippen LogP contribution in [0.15, 0.2) is 102 Å². The molecule has 6 rings (SSSR count). The lowest BCUT2D eigenvalue weighted by molar-refractivity contribution is 0.0952. The smallest absolute Gasteiger partial charge is 0.252 e. The lowest BCUT2D eigenvalue weighted by atomic mass is 9.99. The minimum atomic E-state index is -3.77. The third-order valence-corrected chi connectivity index (χ3v) is 10.1. The Morgan fingerprint density at radius 3 is 2.24 bits per heavy atom. The van der Waals surface area contributed by atoms with E-state index in [1.807, 2.05) is 55.5 Å². The number of hydrogen-bond acceptors (Lipinski definition) is 7. The average molecular weight is 620 g/mol. The Hall–Kier alpha value is -4.99. The summed E-state index contributed by atoms with van der Waals surface area (Å²) >= 11 is 0. The molecule has 0 spiro atoms. The minimum Gasteiger partial charge on any atom is -0.493 e. The van der Waals surface area contributed by atoms with E-state index in [9.17, 15) is 13.2 Å². The van der Waals surface area contributed by atoms with Gasteiger partial charge in [0.05, 0.1) is 35.9 Å². The van der Waals surface area contributed by atoms with Gasteiger partial charge in [-0.2, -0.15) is 0 Å². The van der Waals surface area contributed by atoms with E-state index in [1.54, 1.807) is 48.5 Å². The Morgan fingerprint density at radius 2 is 1.56 bits per heavy atom. The molecule has 0 radical (unpaired) electrons. The number of nitrogens with one attached hydrogen (secondary N) is 1. The van der Waals surface area contributed by atoms with E-state index in [2.05, 4.69) is 5.32 Å². The first-order valence-electron chi connectivity index (χ1n) is 14.5. The molecule has 3 N–H and O–H groups in total. The molecule has 0 aliphatic heterocycles. The number of pyridine rings is 1. The molecular formula is C36H33N3O5S. The Labute approximate surface area is 262 Å². The summed E-state index contributed by atoms with van der Waals surface area (Å²) in [4.78, 5) is 19.0. The number of nitrogens with zero attached hydrogens (tertiary/aromatic N) is 1. The number of amides is 1. The second-order valence-electron chi connectivity index (χ2n) is 10.9. The zero-order chi connectivity index (χ0) is 31.7. The molecule has 1 amide bonds. The molecular weight excluding hydrogens is 586 g/mol. The summed E-state index contributed by atoms with van der Waals surface area (Å²) in [6, 6.07) is 27.2. The summed E-state index contributed by atoms with van der Waals surface area (Å²) in [7, 11) is -0.703. The van der Waals surface area contributed by atoms with Crippen molar-refractivity contribution in [1.82, 2.24) is 10.3 Å². The maximum atomic E-state index is 13.9. The number of rotatable bonds is 9. The molecule has 1 aliphatic rings. The maximum absolute atomic E-state index is 13.9. The van der Waals surface area contributed by atoms with Crippen LogP contribution in [0.3, 0.4) is 0 Å². The molecule has 0 fully saturated rings. The molecule has 45 heavy (non-hydrogen) atoms. The van der Waals surface area contributed by atoms with Gasteiger partial charge in [-0.05, 0) is 53.4 Å². The standard InChI is InChI=1S/C36H33N3O5S/c1-22-8-14-25(15-9-22)45(41,42)35-18-29(26-6-4-5-7-27(26)35)31-16-30(28-17-33(43-2)34(44-3)19-32(28)39-31)36(40)38-21-24-12-10-23(20-37)11-13-24/h4-19,35H,20-21,37H2,1-3H3,(H,38,40). The van der Waals surface area contributed by atoms with Gasteiger partial charge in [0, 0.05) is 30.1 Å². The molecule has 1 aromatic heterocycles. The molecule has 0 bridgehead atoms. The van der Waals surface area contributed by atoms with Crippen LogP contribution in [0, 0.1) is 6.92 Å². The third-order valence-electron chi connectivity index (χ3n) is 8.11. The van der Waals surface area contributed by atoms with Crippen LogP contribution >= 0.6 is 0 Å². The number of nitrogens with two attached hydrogens (primary N) is 1. The highest BCUT2D eigenvalue weighted by atomic mass is 32.2. The zero-order valence-corrected chi connectivity index (χ0v) is 26.0. The number of benzene rings is 4. The van der Waals surface area contributed by atoms with E-state index >= 15 is 0 Å². The van der Waals surface area contributed by atoms with Gasteiger partial charge in [0.1, 0.15) is 5.25 Å². The van der Waals surface area contributed by atoms with Gasteiger partial charge in [-0.3, -0.25) is 4.79 Å². The first-order valence-corrected chi connectivity index (χ1v) is 16.0. The van der Waals surface area contributed by atoms with Gasteiger partial charge < -0.3 is 20.5 Å². The van der Waals surface area contributed by atoms with Crippen molar-refractivity contribution < 1.29 is 22.7 Å². The van der Waals surface area contributed by atoms with E-state index in [0.717, 1.165) is 22.3 Å². The van der Waals surface area contributed by atoms with Gasteiger partial charge in [0.2, 0.25) is 0 Å². The number of aromatic nitrogens is 1. The van der Waals surface area contributed by atoms with Crippen molar-refractivity contribution in [2.45, 2.75) is 30.2 Å². The maximum Gasteiger partial charge on any atom is 0.252 e. The molecule has 1 unspecified atom stereocenters. The van der Waals surface area contributed by atoms with Crippen molar-refractivity contribution in [3.05, 3.63) is 136 Å². The summed E-state index contributed by atoms with van der Waals surface area (Å²) in [5, 5.41) is 2.68. The van der Waals surface area contributed by atoms with Crippen molar-refractivity contribution in [1.29, 1.82) is 0 Å². The molecule has 0 saturated heterocycles. The first kappa shape index (κ1) is 30.1. The first-order chi connectivity index (χ1) is 21.7. The van der Waals surface area contributed by atoms with Crippen LogP contribution in [0.2, 0.25) is 0 Å². The molecule has 5 aromatic rings. The lowest BCUT2D eigenvalue weighted by Gasteiger charge is -2.15. The molecule has 228 valence electrons. The number of carbonyl (C=O) groups excluding carboxylic acids is 1. The molecule has 4 aromatic carbocycles. The van der Waals surface area contributed by atoms with Crippen LogP contribution in [-0.2, 0) is 22.9 Å². The van der Waals surface area contributed by atoms with E-state index in [1.165, 1.54) is 14.2 Å². The number of aryl methyl sites for hydroxylation is 1. The van der Waals surface area contributed by atoms with Crippen molar-refractivity contribution in [2.75, 3.05) is 14.2 Å². The normalized spacial score (nSPS) is 14.1. The van der Waals surface area contributed by atoms with Crippen LogP contribution < -0.4 is 20.5 Å². The quantitative estimate of drug-likeness (QED) is 0.210. The number of fused-ring (bicyclic) bond motifs is 2. The molecule has 1 heterocycles. The Balaban J connectivity index is 1.47. The van der Waals surface area contributed by atoms with Crippen molar-refractivity contribution >= 4 is 32.2 Å². The van der Waals surface area contributed by atoms with Crippen LogP contribution in [0.5, 0.6) is 11.5 Å². The number of methoxy groups -OCH3 is 2. The molecule has 9 heteroatoms. The van der Waals surface area contributed by atoms with E-state index in [0.29, 0.717) is 57.9 Å². The van der Waals surface area contributed by atoms with Gasteiger partial charge in [-0.1, -0.05) is 72.3 Å². The van der Waals surface area contributed by atoms with Crippen LogP contribution in [0.25, 0.3) is 16.5 Å². The zero-order valence-electron chi connectivity index (χ0n) is 25.2.